The van der Waals surface area contributed by atoms with E-state index in [4.69, 9.17) is 28.3 Å². The van der Waals surface area contributed by atoms with Crippen molar-refractivity contribution in [3.05, 3.63) is 57.8 Å². The minimum absolute atomic E-state index is 0.257. The molecule has 0 unspecified atom stereocenters. The molecular formula is C14H9Cl2FO2. The Kier molecular flexibility index (Phi) is 4.08. The van der Waals surface area contributed by atoms with E-state index in [1.54, 1.807) is 18.2 Å². The van der Waals surface area contributed by atoms with Gasteiger partial charge in [0.15, 0.2) is 0 Å². The van der Waals surface area contributed by atoms with Crippen LogP contribution in [0.5, 0.6) is 0 Å². The fourth-order valence-corrected chi connectivity index (χ4v) is 2.11. The summed E-state index contributed by atoms with van der Waals surface area (Å²) >= 11 is 11.8. The Balaban J connectivity index is 2.54. The van der Waals surface area contributed by atoms with Gasteiger partial charge in [-0.1, -0.05) is 35.3 Å². The minimum Gasteiger partial charge on any atom is -0.481 e. The molecule has 0 aliphatic carbocycles. The second-order valence-corrected chi connectivity index (χ2v) is 4.82. The number of hydrogen-bond donors (Lipinski definition) is 1. The van der Waals surface area contributed by atoms with E-state index in [9.17, 15) is 9.18 Å². The van der Waals surface area contributed by atoms with Crippen LogP contribution in [-0.4, -0.2) is 11.1 Å². The SMILES string of the molecule is O=C(O)Cc1cc(F)ccc1-c1ccc(Cl)c(Cl)c1. The molecule has 0 bridgehead atoms. The summed E-state index contributed by atoms with van der Waals surface area (Å²) in [5.74, 6) is -1.49. The first-order chi connectivity index (χ1) is 8.97. The van der Waals surface area contributed by atoms with E-state index in [-0.39, 0.29) is 6.42 Å². The van der Waals surface area contributed by atoms with Gasteiger partial charge in [0.05, 0.1) is 16.5 Å². The molecule has 0 aliphatic heterocycles. The lowest BCUT2D eigenvalue weighted by Gasteiger charge is -2.09. The second kappa shape index (κ2) is 5.59. The molecule has 2 rings (SSSR count). The highest BCUT2D eigenvalue weighted by molar-refractivity contribution is 6.42. The monoisotopic (exact) mass is 298 g/mol. The molecular weight excluding hydrogens is 290 g/mol. The summed E-state index contributed by atoms with van der Waals surface area (Å²) in [4.78, 5) is 10.8. The Labute approximate surface area is 119 Å². The highest BCUT2D eigenvalue weighted by Crippen LogP contribution is 2.31. The second-order valence-electron chi connectivity index (χ2n) is 4.00. The molecule has 0 saturated carbocycles. The lowest BCUT2D eigenvalue weighted by molar-refractivity contribution is -0.136. The summed E-state index contributed by atoms with van der Waals surface area (Å²) in [5.41, 5.74) is 1.72. The van der Waals surface area contributed by atoms with Crippen molar-refractivity contribution in [3.63, 3.8) is 0 Å². The Morgan fingerprint density at radius 2 is 1.84 bits per heavy atom. The first kappa shape index (κ1) is 13.8. The molecule has 0 radical (unpaired) electrons. The smallest absolute Gasteiger partial charge is 0.307 e. The third-order valence-electron chi connectivity index (χ3n) is 2.64. The zero-order valence-corrected chi connectivity index (χ0v) is 11.2. The van der Waals surface area contributed by atoms with Gasteiger partial charge in [0.2, 0.25) is 0 Å². The lowest BCUT2D eigenvalue weighted by Crippen LogP contribution is -2.02. The van der Waals surface area contributed by atoms with E-state index >= 15 is 0 Å². The molecule has 0 fully saturated rings. The average Bonchev–Trinajstić information content (AvgIpc) is 2.32. The maximum Gasteiger partial charge on any atom is 0.307 e. The van der Waals surface area contributed by atoms with Crippen molar-refractivity contribution in [2.24, 2.45) is 0 Å². The van der Waals surface area contributed by atoms with E-state index in [2.05, 4.69) is 0 Å². The van der Waals surface area contributed by atoms with Gasteiger partial charge in [0.25, 0.3) is 0 Å². The molecule has 0 saturated heterocycles. The number of rotatable bonds is 3. The van der Waals surface area contributed by atoms with Crippen LogP contribution in [0.1, 0.15) is 5.56 Å². The Hall–Kier alpha value is -1.58. The van der Waals surface area contributed by atoms with E-state index < -0.39 is 11.8 Å². The number of halogens is 3. The van der Waals surface area contributed by atoms with Gasteiger partial charge in [-0.25, -0.2) is 4.39 Å². The lowest BCUT2D eigenvalue weighted by atomic mass is 9.97. The van der Waals surface area contributed by atoms with Crippen LogP contribution in [0, 0.1) is 5.82 Å². The van der Waals surface area contributed by atoms with Crippen LogP contribution >= 0.6 is 23.2 Å². The molecule has 0 aromatic heterocycles. The summed E-state index contributed by atoms with van der Waals surface area (Å²) in [6, 6.07) is 8.99. The number of benzene rings is 2. The zero-order valence-electron chi connectivity index (χ0n) is 9.66. The van der Waals surface area contributed by atoms with Gasteiger partial charge >= 0.3 is 5.97 Å². The van der Waals surface area contributed by atoms with Crippen molar-refractivity contribution in [3.8, 4) is 11.1 Å². The quantitative estimate of drug-likeness (QED) is 0.910. The largest absolute Gasteiger partial charge is 0.481 e. The van der Waals surface area contributed by atoms with Crippen molar-refractivity contribution >= 4 is 29.2 Å². The van der Waals surface area contributed by atoms with Crippen molar-refractivity contribution in [2.75, 3.05) is 0 Å². The number of aliphatic carboxylic acids is 1. The summed E-state index contributed by atoms with van der Waals surface area (Å²) in [7, 11) is 0. The van der Waals surface area contributed by atoms with Crippen molar-refractivity contribution in [1.82, 2.24) is 0 Å². The molecule has 2 nitrogen and oxygen atoms in total. The molecule has 19 heavy (non-hydrogen) atoms. The topological polar surface area (TPSA) is 37.3 Å². The predicted molar refractivity (Wildman–Crippen MR) is 73.2 cm³/mol. The molecule has 0 amide bonds. The molecule has 2 aromatic carbocycles. The summed E-state index contributed by atoms with van der Waals surface area (Å²) in [6.45, 7) is 0. The van der Waals surface area contributed by atoms with Crippen LogP contribution in [-0.2, 0) is 11.2 Å². The first-order valence-electron chi connectivity index (χ1n) is 5.43. The molecule has 1 N–H and O–H groups in total. The van der Waals surface area contributed by atoms with Gasteiger partial charge in [0.1, 0.15) is 5.82 Å². The van der Waals surface area contributed by atoms with Gasteiger partial charge in [0, 0.05) is 0 Å². The maximum atomic E-state index is 13.2. The van der Waals surface area contributed by atoms with Gasteiger partial charge in [-0.2, -0.15) is 0 Å². The summed E-state index contributed by atoms with van der Waals surface area (Å²) in [5, 5.41) is 9.63. The van der Waals surface area contributed by atoms with E-state index in [0.29, 0.717) is 26.7 Å². The molecule has 0 aliphatic rings. The highest BCUT2D eigenvalue weighted by atomic mass is 35.5. The molecule has 0 spiro atoms. The number of carbonyl (C=O) groups is 1. The van der Waals surface area contributed by atoms with Crippen LogP contribution in [0.25, 0.3) is 11.1 Å². The Morgan fingerprint density at radius 1 is 1.11 bits per heavy atom. The van der Waals surface area contributed by atoms with Crippen LogP contribution in [0.15, 0.2) is 36.4 Å². The van der Waals surface area contributed by atoms with Crippen LogP contribution in [0.3, 0.4) is 0 Å². The van der Waals surface area contributed by atoms with Gasteiger partial charge < -0.3 is 5.11 Å². The molecule has 2 aromatic rings. The Bertz CT molecular complexity index is 641. The van der Waals surface area contributed by atoms with E-state index in [0.717, 1.165) is 0 Å². The average molecular weight is 299 g/mol. The summed E-state index contributed by atoms with van der Waals surface area (Å²) < 4.78 is 13.2. The third-order valence-corrected chi connectivity index (χ3v) is 3.38. The number of hydrogen-bond acceptors (Lipinski definition) is 1. The van der Waals surface area contributed by atoms with Crippen molar-refractivity contribution in [2.45, 2.75) is 6.42 Å². The van der Waals surface area contributed by atoms with Crippen molar-refractivity contribution < 1.29 is 14.3 Å². The van der Waals surface area contributed by atoms with Gasteiger partial charge in [-0.15, -0.1) is 0 Å². The molecule has 0 heterocycles. The fourth-order valence-electron chi connectivity index (χ4n) is 1.82. The standard InChI is InChI=1S/C14H9Cl2FO2/c15-12-4-1-8(6-13(12)16)11-3-2-10(17)5-9(11)7-14(18)19/h1-6H,7H2,(H,18,19). The fraction of sp³-hybridized carbons (Fsp3) is 0.0714. The van der Waals surface area contributed by atoms with Crippen molar-refractivity contribution in [1.29, 1.82) is 0 Å². The molecule has 98 valence electrons. The van der Waals surface area contributed by atoms with Gasteiger partial charge in [-0.05, 0) is 41.0 Å². The van der Waals surface area contributed by atoms with Crippen LogP contribution < -0.4 is 0 Å². The summed E-state index contributed by atoms with van der Waals surface area (Å²) in [6.07, 6.45) is -0.257. The Morgan fingerprint density at radius 3 is 2.47 bits per heavy atom. The van der Waals surface area contributed by atoms with E-state index in [1.807, 2.05) is 0 Å². The van der Waals surface area contributed by atoms with Crippen LogP contribution in [0.2, 0.25) is 10.0 Å². The van der Waals surface area contributed by atoms with Gasteiger partial charge in [-0.3, -0.25) is 4.79 Å². The highest BCUT2D eigenvalue weighted by Gasteiger charge is 2.11. The predicted octanol–water partition coefficient (Wildman–Crippen LogP) is 4.43. The molecule has 0 atom stereocenters. The van der Waals surface area contributed by atoms with Crippen LogP contribution in [0.4, 0.5) is 4.39 Å². The molecule has 5 heteroatoms. The maximum absolute atomic E-state index is 13.2. The number of carboxylic acids is 1. The third kappa shape index (κ3) is 3.25. The normalized spacial score (nSPS) is 10.5. The minimum atomic E-state index is -1.02. The zero-order chi connectivity index (χ0) is 14.0. The first-order valence-corrected chi connectivity index (χ1v) is 6.18. The number of carboxylic acid groups (broad SMARTS) is 1. The van der Waals surface area contributed by atoms with E-state index in [1.165, 1.54) is 18.2 Å².